The van der Waals surface area contributed by atoms with Crippen LogP contribution in [-0.4, -0.2) is 11.0 Å². The normalized spacial score (nSPS) is 17.2. The second kappa shape index (κ2) is 8.05. The number of nitrogens with one attached hydrogen (secondary N) is 1. The maximum atomic E-state index is 12.2. The predicted molar refractivity (Wildman–Crippen MR) is 80.0 cm³/mol. The highest BCUT2D eigenvalue weighted by Gasteiger charge is 2.18. The molecule has 1 aliphatic carbocycles. The first kappa shape index (κ1) is 15.0. The van der Waals surface area contributed by atoms with Crippen LogP contribution < -0.4 is 5.32 Å². The number of benzene rings is 1. The minimum atomic E-state index is 0.0642. The maximum absolute atomic E-state index is 12.2. The summed E-state index contributed by atoms with van der Waals surface area (Å²) in [4.78, 5) is 12.2. The van der Waals surface area contributed by atoms with Gasteiger partial charge in [0.1, 0.15) is 0 Å². The van der Waals surface area contributed by atoms with Crippen LogP contribution in [0.3, 0.4) is 0 Å². The molecule has 110 valence electrons. The number of carbonyl (C=O) groups excluding carboxylic acids is 1. The fourth-order valence-electron chi connectivity index (χ4n) is 2.81. The Balaban J connectivity index is 1.80. The third-order valence-corrected chi connectivity index (χ3v) is 4.15. The first-order valence-electron chi connectivity index (χ1n) is 7.76. The Bertz CT molecular complexity index is 406. The SMILES string of the molecule is O=C(NCc1ccc(CO)cc1)C1CCCCCCC1. The standard InChI is InChI=1S/C17H25NO2/c19-13-15-10-8-14(9-11-15)12-18-17(20)16-6-4-2-1-3-5-7-16/h8-11,16,19H,1-7,12-13H2,(H,18,20). The van der Waals surface area contributed by atoms with E-state index in [0.717, 1.165) is 24.0 Å². The zero-order valence-corrected chi connectivity index (χ0v) is 12.1. The highest BCUT2D eigenvalue weighted by molar-refractivity contribution is 5.78. The van der Waals surface area contributed by atoms with Gasteiger partial charge in [-0.1, -0.05) is 56.4 Å². The van der Waals surface area contributed by atoms with Gasteiger partial charge in [-0.05, 0) is 24.0 Å². The van der Waals surface area contributed by atoms with Crippen molar-refractivity contribution in [2.75, 3.05) is 0 Å². The van der Waals surface area contributed by atoms with Crippen LogP contribution in [0.25, 0.3) is 0 Å². The number of rotatable bonds is 4. The van der Waals surface area contributed by atoms with E-state index in [1.165, 1.54) is 32.1 Å². The van der Waals surface area contributed by atoms with Crippen LogP contribution in [0.1, 0.15) is 56.1 Å². The van der Waals surface area contributed by atoms with Crippen molar-refractivity contribution in [1.29, 1.82) is 0 Å². The van der Waals surface area contributed by atoms with Gasteiger partial charge < -0.3 is 10.4 Å². The van der Waals surface area contributed by atoms with Gasteiger partial charge in [0.05, 0.1) is 6.61 Å². The fraction of sp³-hybridized carbons (Fsp3) is 0.588. The van der Waals surface area contributed by atoms with E-state index in [2.05, 4.69) is 5.32 Å². The first-order chi connectivity index (χ1) is 9.79. The van der Waals surface area contributed by atoms with Gasteiger partial charge in [0, 0.05) is 12.5 Å². The molecule has 2 rings (SSSR count). The van der Waals surface area contributed by atoms with Crippen molar-refractivity contribution >= 4 is 5.91 Å². The number of aliphatic hydroxyl groups excluding tert-OH is 1. The molecule has 1 amide bonds. The second-order valence-corrected chi connectivity index (χ2v) is 5.73. The van der Waals surface area contributed by atoms with Crippen LogP contribution in [0.15, 0.2) is 24.3 Å². The zero-order chi connectivity index (χ0) is 14.2. The predicted octanol–water partition coefficient (Wildman–Crippen LogP) is 3.16. The van der Waals surface area contributed by atoms with E-state index >= 15 is 0 Å². The van der Waals surface area contributed by atoms with E-state index in [-0.39, 0.29) is 18.4 Å². The van der Waals surface area contributed by atoms with E-state index in [0.29, 0.717) is 6.54 Å². The Morgan fingerprint density at radius 2 is 1.55 bits per heavy atom. The highest BCUT2D eigenvalue weighted by atomic mass is 16.3. The topological polar surface area (TPSA) is 49.3 Å². The van der Waals surface area contributed by atoms with Gasteiger partial charge in [0.2, 0.25) is 5.91 Å². The summed E-state index contributed by atoms with van der Waals surface area (Å²) < 4.78 is 0. The monoisotopic (exact) mass is 275 g/mol. The Morgan fingerprint density at radius 3 is 2.15 bits per heavy atom. The van der Waals surface area contributed by atoms with Crippen molar-refractivity contribution in [3.8, 4) is 0 Å². The summed E-state index contributed by atoms with van der Waals surface area (Å²) >= 11 is 0. The quantitative estimate of drug-likeness (QED) is 0.886. The van der Waals surface area contributed by atoms with Gasteiger partial charge in [0.25, 0.3) is 0 Å². The first-order valence-corrected chi connectivity index (χ1v) is 7.76. The van der Waals surface area contributed by atoms with Gasteiger partial charge in [-0.2, -0.15) is 0 Å². The summed E-state index contributed by atoms with van der Waals surface area (Å²) in [7, 11) is 0. The molecule has 1 aromatic carbocycles. The molecule has 0 saturated heterocycles. The third kappa shape index (κ3) is 4.64. The summed E-state index contributed by atoms with van der Waals surface area (Å²) in [6.45, 7) is 0.649. The van der Waals surface area contributed by atoms with Crippen molar-refractivity contribution in [2.45, 2.75) is 58.1 Å². The molecule has 0 aliphatic heterocycles. The lowest BCUT2D eigenvalue weighted by molar-refractivity contribution is -0.125. The molecule has 0 aromatic heterocycles. The largest absolute Gasteiger partial charge is 0.392 e. The van der Waals surface area contributed by atoms with Crippen LogP contribution in [-0.2, 0) is 17.9 Å². The van der Waals surface area contributed by atoms with E-state index < -0.39 is 0 Å². The molecule has 1 saturated carbocycles. The van der Waals surface area contributed by atoms with Crippen molar-refractivity contribution in [1.82, 2.24) is 5.32 Å². The molecular weight excluding hydrogens is 250 g/mol. The number of hydrogen-bond donors (Lipinski definition) is 2. The summed E-state index contributed by atoms with van der Waals surface area (Å²) in [5, 5.41) is 12.0. The molecule has 1 aliphatic rings. The van der Waals surface area contributed by atoms with E-state index in [4.69, 9.17) is 5.11 Å². The molecule has 0 bridgehead atoms. The summed E-state index contributed by atoms with van der Waals surface area (Å²) in [6, 6.07) is 7.72. The summed E-state index contributed by atoms with van der Waals surface area (Å²) in [6.07, 6.45) is 8.31. The molecule has 0 radical (unpaired) electrons. The molecule has 20 heavy (non-hydrogen) atoms. The lowest BCUT2D eigenvalue weighted by atomic mass is 9.90. The van der Waals surface area contributed by atoms with E-state index in [1.54, 1.807) is 0 Å². The molecule has 0 spiro atoms. The molecule has 1 fully saturated rings. The smallest absolute Gasteiger partial charge is 0.223 e. The van der Waals surface area contributed by atoms with Crippen molar-refractivity contribution in [2.24, 2.45) is 5.92 Å². The van der Waals surface area contributed by atoms with Crippen molar-refractivity contribution in [3.63, 3.8) is 0 Å². The number of amides is 1. The van der Waals surface area contributed by atoms with Crippen LogP contribution >= 0.6 is 0 Å². The third-order valence-electron chi connectivity index (χ3n) is 4.15. The van der Waals surface area contributed by atoms with Crippen LogP contribution in [0.4, 0.5) is 0 Å². The number of aliphatic hydroxyl groups is 1. The average Bonchev–Trinajstić information content (AvgIpc) is 2.45. The number of hydrogen-bond acceptors (Lipinski definition) is 2. The molecule has 3 nitrogen and oxygen atoms in total. The molecule has 0 atom stereocenters. The molecule has 1 aromatic rings. The molecule has 0 heterocycles. The Morgan fingerprint density at radius 1 is 1.00 bits per heavy atom. The van der Waals surface area contributed by atoms with Crippen LogP contribution in [0.2, 0.25) is 0 Å². The van der Waals surface area contributed by atoms with E-state index in [9.17, 15) is 4.79 Å². The van der Waals surface area contributed by atoms with Crippen molar-refractivity contribution < 1.29 is 9.90 Å². The summed E-state index contributed by atoms with van der Waals surface area (Å²) in [5.41, 5.74) is 1.99. The van der Waals surface area contributed by atoms with Gasteiger partial charge in [-0.25, -0.2) is 0 Å². The minimum Gasteiger partial charge on any atom is -0.392 e. The van der Waals surface area contributed by atoms with Crippen LogP contribution in [0, 0.1) is 5.92 Å². The Kier molecular flexibility index (Phi) is 6.06. The minimum absolute atomic E-state index is 0.0642. The zero-order valence-electron chi connectivity index (χ0n) is 12.1. The number of carbonyl (C=O) groups is 1. The molecular formula is C17H25NO2. The summed E-state index contributed by atoms with van der Waals surface area (Å²) in [5.74, 6) is 0.408. The maximum Gasteiger partial charge on any atom is 0.223 e. The second-order valence-electron chi connectivity index (χ2n) is 5.73. The Hall–Kier alpha value is -1.35. The lowest BCUT2D eigenvalue weighted by Gasteiger charge is -2.19. The molecule has 3 heteroatoms. The van der Waals surface area contributed by atoms with Crippen LogP contribution in [0.5, 0.6) is 0 Å². The van der Waals surface area contributed by atoms with Gasteiger partial charge in [0.15, 0.2) is 0 Å². The lowest BCUT2D eigenvalue weighted by Crippen LogP contribution is -2.30. The van der Waals surface area contributed by atoms with E-state index in [1.807, 2.05) is 24.3 Å². The van der Waals surface area contributed by atoms with Crippen molar-refractivity contribution in [3.05, 3.63) is 35.4 Å². The van der Waals surface area contributed by atoms with Gasteiger partial charge >= 0.3 is 0 Å². The van der Waals surface area contributed by atoms with Gasteiger partial charge in [-0.15, -0.1) is 0 Å². The average molecular weight is 275 g/mol. The molecule has 0 unspecified atom stereocenters. The highest BCUT2D eigenvalue weighted by Crippen LogP contribution is 2.22. The Labute approximate surface area is 121 Å². The molecule has 2 N–H and O–H groups in total. The fourth-order valence-corrected chi connectivity index (χ4v) is 2.81. The van der Waals surface area contributed by atoms with Gasteiger partial charge in [-0.3, -0.25) is 4.79 Å².